The van der Waals surface area contributed by atoms with Gasteiger partial charge in [-0.2, -0.15) is 5.26 Å². The molecule has 26 heavy (non-hydrogen) atoms. The molecular formula is C22H25N3O. The Morgan fingerprint density at radius 1 is 1.15 bits per heavy atom. The molecule has 1 aliphatic heterocycles. The second kappa shape index (κ2) is 8.64. The summed E-state index contributed by atoms with van der Waals surface area (Å²) in [6, 6.07) is 19.7. The molecule has 2 aromatic carbocycles. The maximum atomic E-state index is 12.6. The molecule has 1 amide bonds. The van der Waals surface area contributed by atoms with Crippen molar-refractivity contribution in [3.8, 4) is 6.07 Å². The molecule has 1 N–H and O–H groups in total. The second-order valence-electron chi connectivity index (χ2n) is 6.99. The molecule has 0 bridgehead atoms. The van der Waals surface area contributed by atoms with Crippen LogP contribution in [0.4, 0.5) is 5.69 Å². The van der Waals surface area contributed by atoms with Gasteiger partial charge in [0.1, 0.15) is 6.07 Å². The van der Waals surface area contributed by atoms with E-state index in [0.29, 0.717) is 17.2 Å². The van der Waals surface area contributed by atoms with Gasteiger partial charge in [-0.25, -0.2) is 0 Å². The normalized spacial score (nSPS) is 16.6. The molecule has 1 aliphatic rings. The number of amides is 1. The Labute approximate surface area is 155 Å². The first kappa shape index (κ1) is 18.2. The van der Waals surface area contributed by atoms with Gasteiger partial charge in [-0.05, 0) is 62.9 Å². The number of nitrogens with one attached hydrogen (secondary N) is 1. The molecule has 3 rings (SSSR count). The summed E-state index contributed by atoms with van der Waals surface area (Å²) in [5.74, 6) is 0.637. The van der Waals surface area contributed by atoms with Gasteiger partial charge in [-0.1, -0.05) is 42.5 Å². The summed E-state index contributed by atoms with van der Waals surface area (Å²) in [4.78, 5) is 14.8. The highest BCUT2D eigenvalue weighted by atomic mass is 16.2. The average Bonchev–Trinajstić information content (AvgIpc) is 2.69. The van der Waals surface area contributed by atoms with Crippen LogP contribution in [0.2, 0.25) is 0 Å². The summed E-state index contributed by atoms with van der Waals surface area (Å²) in [6.07, 6.45) is 3.34. The van der Waals surface area contributed by atoms with Crippen LogP contribution >= 0.6 is 0 Å². The third kappa shape index (κ3) is 4.50. The van der Waals surface area contributed by atoms with Gasteiger partial charge in [-0.15, -0.1) is 0 Å². The van der Waals surface area contributed by atoms with Crippen molar-refractivity contribution in [1.82, 2.24) is 4.90 Å². The monoisotopic (exact) mass is 347 g/mol. The fraction of sp³-hybridized carbons (Fsp3) is 0.364. The average molecular weight is 347 g/mol. The zero-order valence-corrected chi connectivity index (χ0v) is 15.2. The molecule has 0 saturated carbocycles. The highest BCUT2D eigenvalue weighted by Crippen LogP contribution is 2.23. The molecule has 1 heterocycles. The largest absolute Gasteiger partial charge is 0.324 e. The lowest BCUT2D eigenvalue weighted by Crippen LogP contribution is -2.46. The number of carbonyl (C=O) groups is 1. The highest BCUT2D eigenvalue weighted by molar-refractivity contribution is 5.95. The number of benzene rings is 2. The van der Waals surface area contributed by atoms with Crippen molar-refractivity contribution >= 4 is 11.6 Å². The molecule has 1 atom stereocenters. The highest BCUT2D eigenvalue weighted by Gasteiger charge is 2.27. The number of piperidine rings is 1. The predicted octanol–water partition coefficient (Wildman–Crippen LogP) is 3.84. The first-order valence-electron chi connectivity index (χ1n) is 9.25. The van der Waals surface area contributed by atoms with E-state index in [9.17, 15) is 4.79 Å². The molecule has 134 valence electrons. The molecule has 4 heteroatoms. The smallest absolute Gasteiger partial charge is 0.241 e. The molecule has 2 aromatic rings. The van der Waals surface area contributed by atoms with Crippen LogP contribution in [0.5, 0.6) is 0 Å². The number of likely N-dealkylation sites (tertiary alicyclic amines) is 1. The van der Waals surface area contributed by atoms with E-state index in [1.807, 2.05) is 13.0 Å². The van der Waals surface area contributed by atoms with Crippen LogP contribution in [0.25, 0.3) is 0 Å². The summed E-state index contributed by atoms with van der Waals surface area (Å²) >= 11 is 0. The van der Waals surface area contributed by atoms with Crippen LogP contribution in [-0.2, 0) is 11.2 Å². The number of anilines is 1. The first-order valence-corrected chi connectivity index (χ1v) is 9.25. The van der Waals surface area contributed by atoms with Gasteiger partial charge in [-0.3, -0.25) is 9.69 Å². The van der Waals surface area contributed by atoms with Gasteiger partial charge in [0, 0.05) is 0 Å². The minimum atomic E-state index is -0.195. The minimum Gasteiger partial charge on any atom is -0.324 e. The zero-order chi connectivity index (χ0) is 18.4. The lowest BCUT2D eigenvalue weighted by Gasteiger charge is -2.35. The summed E-state index contributed by atoms with van der Waals surface area (Å²) < 4.78 is 0. The van der Waals surface area contributed by atoms with Gasteiger partial charge < -0.3 is 5.32 Å². The molecule has 4 nitrogen and oxygen atoms in total. The SMILES string of the molecule is C[C@@H](C(=O)Nc1ccccc1C#N)N1CCC(Cc2ccccc2)CC1. The van der Waals surface area contributed by atoms with E-state index in [1.54, 1.807) is 18.2 Å². The maximum Gasteiger partial charge on any atom is 0.241 e. The van der Waals surface area contributed by atoms with E-state index in [1.165, 1.54) is 5.56 Å². The Morgan fingerprint density at radius 3 is 2.50 bits per heavy atom. The maximum absolute atomic E-state index is 12.6. The Hall–Kier alpha value is -2.64. The van der Waals surface area contributed by atoms with Gasteiger partial charge in [0.2, 0.25) is 5.91 Å². The van der Waals surface area contributed by atoms with E-state index in [4.69, 9.17) is 5.26 Å². The van der Waals surface area contributed by atoms with Crippen molar-refractivity contribution in [3.05, 3.63) is 65.7 Å². The van der Waals surface area contributed by atoms with Crippen molar-refractivity contribution in [2.75, 3.05) is 18.4 Å². The summed E-state index contributed by atoms with van der Waals surface area (Å²) in [6.45, 7) is 3.82. The lowest BCUT2D eigenvalue weighted by atomic mass is 9.89. The number of para-hydroxylation sites is 1. The fourth-order valence-corrected chi connectivity index (χ4v) is 3.58. The van der Waals surface area contributed by atoms with Gasteiger partial charge in [0.15, 0.2) is 0 Å². The van der Waals surface area contributed by atoms with Crippen LogP contribution < -0.4 is 5.32 Å². The fourth-order valence-electron chi connectivity index (χ4n) is 3.58. The van der Waals surface area contributed by atoms with Gasteiger partial charge in [0.25, 0.3) is 0 Å². The molecule has 0 aromatic heterocycles. The molecule has 1 saturated heterocycles. The van der Waals surface area contributed by atoms with Crippen LogP contribution in [0.15, 0.2) is 54.6 Å². The number of hydrogen-bond donors (Lipinski definition) is 1. The summed E-state index contributed by atoms with van der Waals surface area (Å²) in [7, 11) is 0. The van der Waals surface area contributed by atoms with Crippen LogP contribution in [-0.4, -0.2) is 29.9 Å². The zero-order valence-electron chi connectivity index (χ0n) is 15.2. The number of rotatable bonds is 5. The van der Waals surface area contributed by atoms with E-state index < -0.39 is 0 Å². The molecule has 0 unspecified atom stereocenters. The van der Waals surface area contributed by atoms with Crippen molar-refractivity contribution in [2.24, 2.45) is 5.92 Å². The number of carbonyl (C=O) groups excluding carboxylic acids is 1. The van der Waals surface area contributed by atoms with Crippen LogP contribution in [0, 0.1) is 17.2 Å². The predicted molar refractivity (Wildman–Crippen MR) is 104 cm³/mol. The number of nitrogens with zero attached hydrogens (tertiary/aromatic N) is 2. The first-order chi connectivity index (χ1) is 12.7. The Kier molecular flexibility index (Phi) is 6.04. The van der Waals surface area contributed by atoms with Gasteiger partial charge in [0.05, 0.1) is 17.3 Å². The van der Waals surface area contributed by atoms with E-state index in [2.05, 4.69) is 46.6 Å². The third-order valence-corrected chi connectivity index (χ3v) is 5.25. The van der Waals surface area contributed by atoms with Crippen molar-refractivity contribution in [3.63, 3.8) is 0 Å². The van der Waals surface area contributed by atoms with E-state index >= 15 is 0 Å². The van der Waals surface area contributed by atoms with Crippen LogP contribution in [0.1, 0.15) is 30.9 Å². The quantitative estimate of drug-likeness (QED) is 0.894. The molecule has 1 fully saturated rings. The number of nitriles is 1. The van der Waals surface area contributed by atoms with Crippen molar-refractivity contribution in [2.45, 2.75) is 32.2 Å². The number of hydrogen-bond acceptors (Lipinski definition) is 3. The Balaban J connectivity index is 1.52. The standard InChI is InChI=1S/C22H25N3O/c1-17(22(26)24-21-10-6-5-9-20(21)16-23)25-13-11-19(12-14-25)15-18-7-3-2-4-8-18/h2-10,17,19H,11-15H2,1H3,(H,24,26)/t17-/m0/s1. The van der Waals surface area contributed by atoms with E-state index in [-0.39, 0.29) is 11.9 Å². The lowest BCUT2D eigenvalue weighted by molar-refractivity contribution is -0.121. The van der Waals surface area contributed by atoms with Crippen LogP contribution in [0.3, 0.4) is 0 Å². The summed E-state index contributed by atoms with van der Waals surface area (Å²) in [5.41, 5.74) is 2.48. The van der Waals surface area contributed by atoms with Gasteiger partial charge >= 0.3 is 0 Å². The van der Waals surface area contributed by atoms with Crippen molar-refractivity contribution < 1.29 is 4.79 Å². The molecule has 0 aliphatic carbocycles. The third-order valence-electron chi connectivity index (χ3n) is 5.25. The molecular weight excluding hydrogens is 322 g/mol. The second-order valence-corrected chi connectivity index (χ2v) is 6.99. The molecule has 0 spiro atoms. The Morgan fingerprint density at radius 2 is 1.81 bits per heavy atom. The minimum absolute atomic E-state index is 0.0470. The summed E-state index contributed by atoms with van der Waals surface area (Å²) in [5, 5.41) is 12.1. The van der Waals surface area contributed by atoms with Crippen molar-refractivity contribution in [1.29, 1.82) is 5.26 Å². The molecule has 0 radical (unpaired) electrons. The van der Waals surface area contributed by atoms with E-state index in [0.717, 1.165) is 32.4 Å². The Bertz CT molecular complexity index is 773. The topological polar surface area (TPSA) is 56.1 Å².